The van der Waals surface area contributed by atoms with Crippen LogP contribution in [0.3, 0.4) is 0 Å². The fraction of sp³-hybridized carbons (Fsp3) is 0.500. The Kier molecular flexibility index (Phi) is 7.63. The largest absolute Gasteiger partial charge is 0.508 e. The first-order chi connectivity index (χ1) is 19.4. The maximum atomic E-state index is 13.8. The van der Waals surface area contributed by atoms with Gasteiger partial charge in [0.25, 0.3) is 0 Å². The van der Waals surface area contributed by atoms with Crippen LogP contribution in [-0.2, 0) is 14.3 Å². The molecule has 6 nitrogen and oxygen atoms in total. The number of allylic oxidation sites excluding steroid dienone is 2. The Morgan fingerprint density at radius 3 is 2.52 bits per heavy atom. The number of likely N-dealkylation sites (tertiary alicyclic amines) is 1. The number of pyridine rings is 1. The third kappa shape index (κ3) is 5.03. The molecule has 210 valence electrons. The van der Waals surface area contributed by atoms with Crippen molar-refractivity contribution < 1.29 is 19.4 Å². The van der Waals surface area contributed by atoms with Crippen LogP contribution >= 0.6 is 0 Å². The minimum absolute atomic E-state index is 0.00873. The van der Waals surface area contributed by atoms with E-state index in [0.29, 0.717) is 18.9 Å². The smallest absolute Gasteiger partial charge is 0.234 e. The predicted octanol–water partition coefficient (Wildman–Crippen LogP) is 6.41. The van der Waals surface area contributed by atoms with Gasteiger partial charge in [-0.1, -0.05) is 56.9 Å². The highest BCUT2D eigenvalue weighted by atomic mass is 16.5. The fourth-order valence-corrected chi connectivity index (χ4v) is 7.57. The summed E-state index contributed by atoms with van der Waals surface area (Å²) in [4.78, 5) is 33.8. The van der Waals surface area contributed by atoms with Crippen molar-refractivity contribution in [3.63, 3.8) is 0 Å². The number of fused-ring (bicyclic) bond motifs is 3. The molecule has 0 unspecified atom stereocenters. The molecule has 4 atom stereocenters. The zero-order valence-electron chi connectivity index (χ0n) is 23.6. The van der Waals surface area contributed by atoms with Crippen molar-refractivity contribution in [1.82, 2.24) is 9.88 Å². The number of phenols is 1. The molecule has 2 saturated heterocycles. The van der Waals surface area contributed by atoms with Crippen molar-refractivity contribution >= 4 is 23.5 Å². The second-order valence-corrected chi connectivity index (χ2v) is 12.3. The van der Waals surface area contributed by atoms with Crippen LogP contribution in [0.2, 0.25) is 0 Å². The first kappa shape index (κ1) is 26.9. The van der Waals surface area contributed by atoms with Gasteiger partial charge in [0, 0.05) is 18.2 Å². The van der Waals surface area contributed by atoms with E-state index in [1.165, 1.54) is 17.6 Å². The van der Waals surface area contributed by atoms with Gasteiger partial charge in [-0.2, -0.15) is 0 Å². The lowest BCUT2D eigenvalue weighted by atomic mass is 9.67. The lowest BCUT2D eigenvalue weighted by molar-refractivity contribution is -0.143. The molecule has 3 fully saturated rings. The van der Waals surface area contributed by atoms with Gasteiger partial charge in [0.15, 0.2) is 0 Å². The van der Waals surface area contributed by atoms with Crippen LogP contribution in [0.25, 0.3) is 11.6 Å². The summed E-state index contributed by atoms with van der Waals surface area (Å²) < 4.78 is 6.48. The first-order valence-electron chi connectivity index (χ1n) is 15.0. The quantitative estimate of drug-likeness (QED) is 0.324. The van der Waals surface area contributed by atoms with E-state index in [4.69, 9.17) is 4.74 Å². The van der Waals surface area contributed by atoms with Crippen LogP contribution in [0, 0.1) is 23.7 Å². The van der Waals surface area contributed by atoms with E-state index in [1.54, 1.807) is 17.0 Å². The molecule has 2 aliphatic heterocycles. The van der Waals surface area contributed by atoms with Crippen LogP contribution in [-0.4, -0.2) is 45.6 Å². The van der Waals surface area contributed by atoms with Gasteiger partial charge in [0.2, 0.25) is 11.8 Å². The molecule has 1 saturated carbocycles. The molecule has 6 rings (SSSR count). The SMILES string of the molecule is CC(C)C1=C2[C@@H](CC/C(=C/c3ccc(O)cc3)c3ccccn3)OC[C@@H]2[C@@H]2C(=O)N(C3CCCCC3)C(=O)[C@@H]2C1. The van der Waals surface area contributed by atoms with Crippen molar-refractivity contribution in [3.8, 4) is 5.75 Å². The molecule has 1 N–H and O–H groups in total. The van der Waals surface area contributed by atoms with Gasteiger partial charge in [-0.05, 0) is 85.1 Å². The molecular weight excluding hydrogens is 500 g/mol. The number of carbonyl (C=O) groups is 2. The first-order valence-corrected chi connectivity index (χ1v) is 15.0. The number of rotatable bonds is 7. The van der Waals surface area contributed by atoms with E-state index in [-0.39, 0.29) is 47.5 Å². The summed E-state index contributed by atoms with van der Waals surface area (Å²) in [6, 6.07) is 13.2. The number of aromatic nitrogens is 1. The molecule has 2 aliphatic carbocycles. The Bertz CT molecular complexity index is 1310. The maximum Gasteiger partial charge on any atom is 0.234 e. The number of amides is 2. The highest BCUT2D eigenvalue weighted by Gasteiger charge is 2.58. The van der Waals surface area contributed by atoms with Crippen LogP contribution in [0.5, 0.6) is 5.75 Å². The molecule has 6 heteroatoms. The lowest BCUT2D eigenvalue weighted by Gasteiger charge is -2.33. The molecule has 0 bridgehead atoms. The van der Waals surface area contributed by atoms with Crippen molar-refractivity contribution in [2.45, 2.75) is 77.4 Å². The van der Waals surface area contributed by atoms with E-state index < -0.39 is 0 Å². The molecule has 0 spiro atoms. The molecule has 40 heavy (non-hydrogen) atoms. The molecule has 2 amide bonds. The zero-order valence-corrected chi connectivity index (χ0v) is 23.6. The number of carbonyl (C=O) groups excluding carboxylic acids is 2. The van der Waals surface area contributed by atoms with E-state index >= 15 is 0 Å². The average Bonchev–Trinajstić information content (AvgIpc) is 3.50. The number of nitrogens with zero attached hydrogens (tertiary/aromatic N) is 2. The van der Waals surface area contributed by atoms with Crippen LogP contribution in [0.1, 0.15) is 76.5 Å². The topological polar surface area (TPSA) is 79.7 Å². The summed E-state index contributed by atoms with van der Waals surface area (Å²) >= 11 is 0. The predicted molar refractivity (Wildman–Crippen MR) is 155 cm³/mol. The Morgan fingerprint density at radius 2 is 1.82 bits per heavy atom. The third-order valence-electron chi connectivity index (χ3n) is 9.52. The summed E-state index contributed by atoms with van der Waals surface area (Å²) in [7, 11) is 0. The van der Waals surface area contributed by atoms with Crippen LogP contribution in [0.15, 0.2) is 59.8 Å². The molecule has 1 aromatic carbocycles. The fourth-order valence-electron chi connectivity index (χ4n) is 7.57. The highest BCUT2D eigenvalue weighted by molar-refractivity contribution is 6.06. The van der Waals surface area contributed by atoms with Crippen LogP contribution in [0.4, 0.5) is 0 Å². The van der Waals surface area contributed by atoms with Gasteiger partial charge in [-0.3, -0.25) is 19.5 Å². The third-order valence-corrected chi connectivity index (χ3v) is 9.52. The van der Waals surface area contributed by atoms with Gasteiger partial charge in [-0.25, -0.2) is 0 Å². The number of hydrogen-bond donors (Lipinski definition) is 1. The van der Waals surface area contributed by atoms with Crippen molar-refractivity contribution in [2.24, 2.45) is 23.7 Å². The Hall–Kier alpha value is -3.25. The minimum atomic E-state index is -0.278. The Morgan fingerprint density at radius 1 is 1.05 bits per heavy atom. The van der Waals surface area contributed by atoms with Crippen molar-refractivity contribution in [3.05, 3.63) is 71.1 Å². The Balaban J connectivity index is 1.26. The van der Waals surface area contributed by atoms with Crippen LogP contribution < -0.4 is 0 Å². The number of hydrogen-bond acceptors (Lipinski definition) is 5. The average molecular weight is 541 g/mol. The number of aromatic hydroxyl groups is 1. The minimum Gasteiger partial charge on any atom is -0.508 e. The summed E-state index contributed by atoms with van der Waals surface area (Å²) in [5, 5.41) is 9.72. The summed E-state index contributed by atoms with van der Waals surface area (Å²) in [5.41, 5.74) is 5.64. The van der Waals surface area contributed by atoms with E-state index in [9.17, 15) is 14.7 Å². The number of ether oxygens (including phenoxy) is 1. The molecular formula is C34H40N2O4. The lowest BCUT2D eigenvalue weighted by Crippen LogP contribution is -2.42. The molecule has 2 aromatic rings. The standard InChI is InChI=1S/C34H40N2O4/c1-21(2)26-19-27-32(34(39)36(33(27)38)24-8-4-3-5-9-24)28-20-40-30(31(26)28)16-13-23(29-10-6-7-17-35-29)18-22-11-14-25(37)15-12-22/h6-7,10-12,14-15,17-18,21,24,27-28,30,32,37H,3-5,8-9,13,16,19-20H2,1-2H3/b23-18-/t27-,28+,30-,32-/m1/s1. The molecule has 4 aliphatic rings. The van der Waals surface area contributed by atoms with Crippen molar-refractivity contribution in [2.75, 3.05) is 6.61 Å². The molecule has 0 radical (unpaired) electrons. The van der Waals surface area contributed by atoms with E-state index in [1.807, 2.05) is 36.5 Å². The van der Waals surface area contributed by atoms with Gasteiger partial charge in [-0.15, -0.1) is 0 Å². The monoisotopic (exact) mass is 540 g/mol. The number of benzene rings is 1. The summed E-state index contributed by atoms with van der Waals surface area (Å²) in [6.07, 6.45) is 11.4. The second-order valence-electron chi connectivity index (χ2n) is 12.3. The van der Waals surface area contributed by atoms with E-state index in [0.717, 1.165) is 55.4 Å². The van der Waals surface area contributed by atoms with Crippen molar-refractivity contribution in [1.29, 1.82) is 0 Å². The number of imide groups is 1. The maximum absolute atomic E-state index is 13.8. The second kappa shape index (κ2) is 11.3. The molecule has 3 heterocycles. The normalized spacial score (nSPS) is 27.5. The van der Waals surface area contributed by atoms with Gasteiger partial charge >= 0.3 is 0 Å². The Labute approximate surface area is 237 Å². The summed E-state index contributed by atoms with van der Waals surface area (Å²) in [6.45, 7) is 4.92. The van der Waals surface area contributed by atoms with Gasteiger partial charge in [0.1, 0.15) is 5.75 Å². The van der Waals surface area contributed by atoms with Gasteiger partial charge in [0.05, 0.1) is 30.2 Å². The molecule has 1 aromatic heterocycles. The highest BCUT2D eigenvalue weighted by Crippen LogP contribution is 2.52. The number of phenolic OH excluding ortho intramolecular Hbond substituents is 1. The summed E-state index contributed by atoms with van der Waals surface area (Å²) in [5.74, 6) is 0.145. The zero-order chi connectivity index (χ0) is 27.8. The van der Waals surface area contributed by atoms with E-state index in [2.05, 4.69) is 24.9 Å². The van der Waals surface area contributed by atoms with Gasteiger partial charge < -0.3 is 9.84 Å².